The molecule has 0 saturated carbocycles. The Labute approximate surface area is 171 Å². The SMILES string of the molecule is CCC1(O)OP1(=O)OC(C)(C)C1OC(n2cnc3c(OC)nc(N)nc32)C(O)C1O. The molecule has 2 aromatic rings. The fourth-order valence-electron chi connectivity index (χ4n) is 3.58. The largest absolute Gasteiger partial charge is 0.479 e. The zero-order valence-electron chi connectivity index (χ0n) is 16.8. The van der Waals surface area contributed by atoms with E-state index in [4.69, 9.17) is 24.3 Å². The number of nitrogens with two attached hydrogens (primary N) is 1. The Morgan fingerprint density at radius 1 is 1.37 bits per heavy atom. The molecule has 4 heterocycles. The summed E-state index contributed by atoms with van der Waals surface area (Å²) in [5.74, 6) is 0.0736. The van der Waals surface area contributed by atoms with E-state index in [1.807, 2.05) is 0 Å². The van der Waals surface area contributed by atoms with E-state index >= 15 is 0 Å². The molecule has 0 aliphatic carbocycles. The molecule has 6 atom stereocenters. The molecule has 13 nitrogen and oxygen atoms in total. The number of aliphatic hydroxyl groups excluding tert-OH is 2. The highest BCUT2D eigenvalue weighted by Gasteiger charge is 2.71. The van der Waals surface area contributed by atoms with Gasteiger partial charge in [-0.15, -0.1) is 0 Å². The molecule has 0 spiro atoms. The highest BCUT2D eigenvalue weighted by molar-refractivity contribution is 7.61. The second-order valence-corrected chi connectivity index (χ2v) is 9.78. The van der Waals surface area contributed by atoms with Crippen molar-refractivity contribution in [2.24, 2.45) is 0 Å². The number of hydrogen-bond donors (Lipinski definition) is 4. The van der Waals surface area contributed by atoms with Gasteiger partial charge < -0.3 is 30.5 Å². The van der Waals surface area contributed by atoms with Crippen molar-refractivity contribution in [1.29, 1.82) is 0 Å². The summed E-state index contributed by atoms with van der Waals surface area (Å²) in [6.45, 7) is 4.63. The van der Waals surface area contributed by atoms with Gasteiger partial charge in [0.1, 0.15) is 23.9 Å². The minimum atomic E-state index is -3.78. The number of methoxy groups -OCH3 is 1. The van der Waals surface area contributed by atoms with Gasteiger partial charge in [-0.25, -0.2) is 4.98 Å². The molecular weight excluding hydrogens is 421 g/mol. The Hall–Kier alpha value is -1.86. The van der Waals surface area contributed by atoms with Gasteiger partial charge in [0.25, 0.3) is 5.53 Å². The number of aromatic nitrogens is 4. The molecule has 166 valence electrons. The molecule has 4 rings (SSSR count). The number of imidazole rings is 1. The molecule has 2 aliphatic heterocycles. The molecule has 14 heteroatoms. The van der Waals surface area contributed by atoms with Gasteiger partial charge in [0.2, 0.25) is 11.8 Å². The van der Waals surface area contributed by atoms with E-state index in [0.29, 0.717) is 5.52 Å². The van der Waals surface area contributed by atoms with Gasteiger partial charge >= 0.3 is 7.60 Å². The second-order valence-electron chi connectivity index (χ2n) is 7.72. The van der Waals surface area contributed by atoms with Crippen molar-refractivity contribution in [1.82, 2.24) is 19.5 Å². The van der Waals surface area contributed by atoms with Gasteiger partial charge in [-0.1, -0.05) is 6.92 Å². The molecule has 2 aromatic heterocycles. The van der Waals surface area contributed by atoms with E-state index in [2.05, 4.69) is 15.0 Å². The summed E-state index contributed by atoms with van der Waals surface area (Å²) in [5, 5.41) is 31.3. The lowest BCUT2D eigenvalue weighted by Gasteiger charge is -2.32. The first-order valence-electron chi connectivity index (χ1n) is 9.26. The molecule has 0 radical (unpaired) electrons. The van der Waals surface area contributed by atoms with Gasteiger partial charge in [0.15, 0.2) is 17.4 Å². The van der Waals surface area contributed by atoms with Crippen LogP contribution in [-0.4, -0.2) is 71.4 Å². The minimum Gasteiger partial charge on any atom is -0.479 e. The van der Waals surface area contributed by atoms with Gasteiger partial charge in [-0.2, -0.15) is 9.97 Å². The zero-order valence-corrected chi connectivity index (χ0v) is 17.7. The average molecular weight is 445 g/mol. The maximum absolute atomic E-state index is 12.6. The Morgan fingerprint density at radius 3 is 2.67 bits per heavy atom. The van der Waals surface area contributed by atoms with Crippen LogP contribution in [0.25, 0.3) is 11.2 Å². The van der Waals surface area contributed by atoms with E-state index < -0.39 is 43.3 Å². The molecule has 0 amide bonds. The number of aliphatic hydroxyl groups is 3. The Balaban J connectivity index is 1.63. The molecule has 30 heavy (non-hydrogen) atoms. The quantitative estimate of drug-likeness (QED) is 0.348. The molecule has 6 unspecified atom stereocenters. The van der Waals surface area contributed by atoms with Gasteiger partial charge in [0, 0.05) is 6.42 Å². The number of anilines is 1. The molecule has 2 saturated heterocycles. The van der Waals surface area contributed by atoms with Crippen molar-refractivity contribution in [2.45, 2.75) is 62.9 Å². The normalized spacial score (nSPS) is 36.4. The molecule has 5 N–H and O–H groups in total. The first-order valence-corrected chi connectivity index (χ1v) is 10.8. The summed E-state index contributed by atoms with van der Waals surface area (Å²) in [5.41, 5.74) is 3.01. The lowest BCUT2D eigenvalue weighted by molar-refractivity contribution is -0.110. The third kappa shape index (κ3) is 3.09. The van der Waals surface area contributed by atoms with Crippen molar-refractivity contribution in [2.75, 3.05) is 12.8 Å². The molecule has 2 fully saturated rings. The highest BCUT2D eigenvalue weighted by atomic mass is 31.2. The van der Waals surface area contributed by atoms with Crippen LogP contribution < -0.4 is 10.5 Å². The van der Waals surface area contributed by atoms with E-state index in [-0.39, 0.29) is 23.9 Å². The van der Waals surface area contributed by atoms with Crippen LogP contribution in [0.1, 0.15) is 33.4 Å². The number of rotatable bonds is 6. The van der Waals surface area contributed by atoms with Gasteiger partial charge in [0.05, 0.1) is 13.4 Å². The monoisotopic (exact) mass is 445 g/mol. The summed E-state index contributed by atoms with van der Waals surface area (Å²) in [7, 11) is -2.38. The average Bonchev–Trinajstić information content (AvgIpc) is 2.96. The summed E-state index contributed by atoms with van der Waals surface area (Å²) in [6.07, 6.45) is -3.62. The smallest absolute Gasteiger partial charge is 0.393 e. The Morgan fingerprint density at radius 2 is 2.07 bits per heavy atom. The summed E-state index contributed by atoms with van der Waals surface area (Å²) < 4.78 is 35.5. The van der Waals surface area contributed by atoms with Crippen molar-refractivity contribution in [3.8, 4) is 5.88 Å². The van der Waals surface area contributed by atoms with Crippen molar-refractivity contribution in [3.63, 3.8) is 0 Å². The lowest BCUT2D eigenvalue weighted by Crippen LogP contribution is -2.46. The van der Waals surface area contributed by atoms with E-state index in [0.717, 1.165) is 0 Å². The first-order chi connectivity index (χ1) is 14.0. The predicted octanol–water partition coefficient (Wildman–Crippen LogP) is 0.111. The van der Waals surface area contributed by atoms with Crippen LogP contribution in [-0.2, 0) is 18.3 Å². The Bertz CT molecular complexity index is 1030. The maximum Gasteiger partial charge on any atom is 0.393 e. The minimum absolute atomic E-state index is 0.0721. The molecule has 0 aromatic carbocycles. The number of nitrogen functional groups attached to an aromatic ring is 1. The zero-order chi connectivity index (χ0) is 22.1. The van der Waals surface area contributed by atoms with Crippen LogP contribution in [0.2, 0.25) is 0 Å². The fourth-order valence-corrected chi connectivity index (χ4v) is 5.55. The highest BCUT2D eigenvalue weighted by Crippen LogP contribution is 2.80. The van der Waals surface area contributed by atoms with Gasteiger partial charge in [-0.05, 0) is 13.8 Å². The standard InChI is InChI=1S/C16H24N5O8P/c1-5-16(24)29-30(16,25)28-15(2,3)10-8(22)9(23)13(27-10)21-6-18-7-11(21)19-14(17)20-12(7)26-4/h6,8-10,13,22-24H,5H2,1-4H3,(H2,17,19,20). The van der Waals surface area contributed by atoms with Crippen LogP contribution in [0, 0.1) is 0 Å². The van der Waals surface area contributed by atoms with Crippen LogP contribution in [0.5, 0.6) is 5.88 Å². The van der Waals surface area contributed by atoms with Crippen molar-refractivity contribution < 1.29 is 38.4 Å². The number of fused-ring (bicyclic) bond motifs is 1. The van der Waals surface area contributed by atoms with Crippen LogP contribution >= 0.6 is 7.60 Å². The van der Waals surface area contributed by atoms with Crippen molar-refractivity contribution in [3.05, 3.63) is 6.33 Å². The topological polar surface area (TPSA) is 188 Å². The van der Waals surface area contributed by atoms with Crippen molar-refractivity contribution >= 4 is 24.7 Å². The molecule has 2 aliphatic rings. The number of ether oxygens (including phenoxy) is 2. The van der Waals surface area contributed by atoms with Gasteiger partial charge in [-0.3, -0.25) is 18.2 Å². The molecule has 0 bridgehead atoms. The number of hydrogen-bond acceptors (Lipinski definition) is 12. The molecular formula is C16H24N5O8P. The van der Waals surface area contributed by atoms with E-state index in [1.54, 1.807) is 6.92 Å². The third-order valence-electron chi connectivity index (χ3n) is 5.28. The summed E-state index contributed by atoms with van der Waals surface area (Å²) in [6, 6.07) is 0. The first kappa shape index (κ1) is 21.4. The number of nitrogens with zero attached hydrogens (tertiary/aromatic N) is 4. The predicted molar refractivity (Wildman–Crippen MR) is 101 cm³/mol. The van der Waals surface area contributed by atoms with Crippen LogP contribution in [0.15, 0.2) is 6.33 Å². The second kappa shape index (κ2) is 6.82. The van der Waals surface area contributed by atoms with Crippen LogP contribution in [0.4, 0.5) is 5.95 Å². The van der Waals surface area contributed by atoms with E-state index in [9.17, 15) is 19.9 Å². The lowest BCUT2D eigenvalue weighted by atomic mass is 9.96. The maximum atomic E-state index is 12.6. The van der Waals surface area contributed by atoms with Crippen LogP contribution in [0.3, 0.4) is 0 Å². The third-order valence-corrected chi connectivity index (χ3v) is 7.63. The summed E-state index contributed by atoms with van der Waals surface area (Å²) >= 11 is 0. The summed E-state index contributed by atoms with van der Waals surface area (Å²) in [4.78, 5) is 12.2. The Kier molecular flexibility index (Phi) is 4.86. The van der Waals surface area contributed by atoms with E-state index in [1.165, 1.54) is 31.9 Å². The fraction of sp³-hybridized carbons (Fsp3) is 0.688.